The fourth-order valence-electron chi connectivity index (χ4n) is 2.64. The Morgan fingerprint density at radius 3 is 1.43 bits per heavy atom. The van der Waals surface area contributed by atoms with E-state index in [1.54, 1.807) is 6.92 Å². The van der Waals surface area contributed by atoms with Gasteiger partial charge in [-0.05, 0) is 34.5 Å². The van der Waals surface area contributed by atoms with Crippen LogP contribution in [-0.4, -0.2) is 5.78 Å². The monoisotopic (exact) mass is 423 g/mol. The first-order valence-electron chi connectivity index (χ1n) is 10.2. The van der Waals surface area contributed by atoms with Crippen molar-refractivity contribution in [3.63, 3.8) is 0 Å². The maximum atomic E-state index is 11.5. The molecule has 1 radical (unpaired) electrons. The van der Waals surface area contributed by atoms with Gasteiger partial charge in [0.15, 0.2) is 0 Å². The number of hydrogen-bond donors (Lipinski definition) is 0. The SMILES string of the molecule is CC(=O)CC(C)C(C)(C)C(C)(C)/C=C/C=C\C=C\C=C\C(C)(C)C(C)(C)C.[V]. The maximum absolute atomic E-state index is 11.5. The van der Waals surface area contributed by atoms with Gasteiger partial charge < -0.3 is 4.79 Å². The van der Waals surface area contributed by atoms with E-state index in [1.165, 1.54) is 0 Å². The molecule has 0 aromatic carbocycles. The van der Waals surface area contributed by atoms with Gasteiger partial charge in [-0.1, -0.05) is 118 Å². The van der Waals surface area contributed by atoms with Crippen LogP contribution in [0.2, 0.25) is 0 Å². The second-order valence-electron chi connectivity index (χ2n) is 10.7. The van der Waals surface area contributed by atoms with Gasteiger partial charge in [0.2, 0.25) is 0 Å². The Balaban J connectivity index is 0. The molecule has 0 aromatic rings. The van der Waals surface area contributed by atoms with Crippen molar-refractivity contribution in [1.29, 1.82) is 0 Å². The Morgan fingerprint density at radius 2 is 1.07 bits per heavy atom. The van der Waals surface area contributed by atoms with Gasteiger partial charge in [-0.25, -0.2) is 0 Å². The Hall–Kier alpha value is -0.786. The average molecular weight is 424 g/mol. The quantitative estimate of drug-likeness (QED) is 0.344. The predicted octanol–water partition coefficient (Wildman–Crippen LogP) is 7.95. The molecular weight excluding hydrogens is 379 g/mol. The minimum Gasteiger partial charge on any atom is -0.300 e. The molecule has 0 rings (SSSR count). The smallest absolute Gasteiger partial charge is 0.130 e. The first-order valence-corrected chi connectivity index (χ1v) is 10.2. The number of ketones is 1. The number of hydrogen-bond acceptors (Lipinski definition) is 1. The van der Waals surface area contributed by atoms with Crippen molar-refractivity contribution in [2.75, 3.05) is 0 Å². The minimum atomic E-state index is 0. The molecule has 1 nitrogen and oxygen atoms in total. The van der Waals surface area contributed by atoms with E-state index in [-0.39, 0.29) is 46.0 Å². The van der Waals surface area contributed by atoms with Crippen molar-refractivity contribution in [2.45, 2.75) is 82.6 Å². The molecule has 0 saturated heterocycles. The van der Waals surface area contributed by atoms with Gasteiger partial charge in [0.05, 0.1) is 0 Å². The van der Waals surface area contributed by atoms with Crippen LogP contribution in [0.15, 0.2) is 48.6 Å². The fraction of sp³-hybridized carbons (Fsp3) is 0.654. The normalized spacial score (nSPS) is 15.7. The van der Waals surface area contributed by atoms with Crippen molar-refractivity contribution >= 4 is 5.78 Å². The summed E-state index contributed by atoms with van der Waals surface area (Å²) in [5, 5.41) is 0. The number of carbonyl (C=O) groups is 1. The molecule has 0 spiro atoms. The van der Waals surface area contributed by atoms with Gasteiger partial charge in [-0.15, -0.1) is 0 Å². The summed E-state index contributed by atoms with van der Waals surface area (Å²) < 4.78 is 0. The fourth-order valence-corrected chi connectivity index (χ4v) is 2.64. The molecule has 0 aromatic heterocycles. The first kappa shape index (κ1) is 29.4. The first-order chi connectivity index (χ1) is 12.0. The van der Waals surface area contributed by atoms with E-state index in [4.69, 9.17) is 0 Å². The largest absolute Gasteiger partial charge is 0.300 e. The molecule has 28 heavy (non-hydrogen) atoms. The number of carbonyl (C=O) groups excluding carboxylic acids is 1. The van der Waals surface area contributed by atoms with Crippen LogP contribution in [-0.2, 0) is 23.4 Å². The molecular formula is C26H44OV. The third kappa shape index (κ3) is 9.14. The molecule has 0 aliphatic rings. The van der Waals surface area contributed by atoms with E-state index >= 15 is 0 Å². The summed E-state index contributed by atoms with van der Waals surface area (Å²) in [6.45, 7) is 24.2. The zero-order valence-electron chi connectivity index (χ0n) is 20.3. The van der Waals surface area contributed by atoms with Crippen LogP contribution in [0.3, 0.4) is 0 Å². The molecule has 0 saturated carbocycles. The zero-order chi connectivity index (χ0) is 21.5. The molecule has 1 atom stereocenters. The second kappa shape index (κ2) is 11.4. The standard InChI is InChI=1S/C26H44O.V/c1-21(20-22(2)27)26(10,11)25(8,9)19-17-15-13-12-14-16-18-24(6,7)23(3,4)5;/h12-19,21H,20H2,1-11H3;/b14-12+,15-13-,18-16+,19-17+;. The van der Waals surface area contributed by atoms with Crippen molar-refractivity contribution in [3.05, 3.63) is 48.6 Å². The molecule has 0 N–H and O–H groups in total. The summed E-state index contributed by atoms with van der Waals surface area (Å²) in [5.74, 6) is 0.609. The Bertz CT molecular complexity index is 592. The summed E-state index contributed by atoms with van der Waals surface area (Å²) in [7, 11) is 0. The maximum Gasteiger partial charge on any atom is 0.130 e. The number of allylic oxidation sites excluding steroid dienone is 8. The van der Waals surface area contributed by atoms with Gasteiger partial charge in [-0.3, -0.25) is 0 Å². The van der Waals surface area contributed by atoms with Crippen LogP contribution < -0.4 is 0 Å². The van der Waals surface area contributed by atoms with Crippen molar-refractivity contribution in [3.8, 4) is 0 Å². The van der Waals surface area contributed by atoms with E-state index < -0.39 is 0 Å². The van der Waals surface area contributed by atoms with E-state index in [1.807, 2.05) is 0 Å². The van der Waals surface area contributed by atoms with Crippen molar-refractivity contribution in [1.82, 2.24) is 0 Å². The van der Waals surface area contributed by atoms with E-state index in [9.17, 15) is 4.79 Å². The third-order valence-corrected chi connectivity index (χ3v) is 7.00. The minimum absolute atomic E-state index is 0. The van der Waals surface area contributed by atoms with Crippen LogP contribution in [0.5, 0.6) is 0 Å². The van der Waals surface area contributed by atoms with Crippen LogP contribution in [0.1, 0.15) is 82.6 Å². The zero-order valence-corrected chi connectivity index (χ0v) is 21.7. The molecule has 1 unspecified atom stereocenters. The van der Waals surface area contributed by atoms with Gasteiger partial charge in [-0.2, -0.15) is 0 Å². The van der Waals surface area contributed by atoms with Crippen molar-refractivity contribution < 1.29 is 23.4 Å². The number of rotatable bonds is 9. The molecule has 159 valence electrons. The Morgan fingerprint density at radius 1 is 0.714 bits per heavy atom. The topological polar surface area (TPSA) is 17.1 Å². The molecule has 0 amide bonds. The predicted molar refractivity (Wildman–Crippen MR) is 122 cm³/mol. The van der Waals surface area contributed by atoms with Crippen LogP contribution >= 0.6 is 0 Å². The van der Waals surface area contributed by atoms with E-state index in [0.29, 0.717) is 12.3 Å². The van der Waals surface area contributed by atoms with E-state index in [0.717, 1.165) is 0 Å². The van der Waals surface area contributed by atoms with Gasteiger partial charge in [0.1, 0.15) is 5.78 Å². The summed E-state index contributed by atoms with van der Waals surface area (Å²) >= 11 is 0. The number of Topliss-reactive ketones (excluding diaryl/α,β-unsaturated/α-hetero) is 1. The molecule has 0 aliphatic carbocycles. The van der Waals surface area contributed by atoms with Crippen LogP contribution in [0.4, 0.5) is 0 Å². The van der Waals surface area contributed by atoms with Gasteiger partial charge in [0.25, 0.3) is 0 Å². The Labute approximate surface area is 187 Å². The van der Waals surface area contributed by atoms with E-state index in [2.05, 4.69) is 118 Å². The van der Waals surface area contributed by atoms with Gasteiger partial charge >= 0.3 is 0 Å². The Kier molecular flexibility index (Phi) is 12.0. The molecule has 2 heteroatoms. The average Bonchev–Trinajstić information content (AvgIpc) is 2.47. The third-order valence-electron chi connectivity index (χ3n) is 7.00. The summed E-state index contributed by atoms with van der Waals surface area (Å²) in [6, 6.07) is 0. The van der Waals surface area contributed by atoms with Crippen LogP contribution in [0, 0.1) is 27.6 Å². The summed E-state index contributed by atoms with van der Waals surface area (Å²) in [5.41, 5.74) is 0.452. The van der Waals surface area contributed by atoms with Gasteiger partial charge in [0, 0.05) is 25.0 Å². The summed E-state index contributed by atoms with van der Waals surface area (Å²) in [4.78, 5) is 11.5. The molecule has 0 heterocycles. The molecule has 0 fully saturated rings. The second-order valence-corrected chi connectivity index (χ2v) is 10.7. The summed E-state index contributed by atoms with van der Waals surface area (Å²) in [6.07, 6.45) is 17.7. The van der Waals surface area contributed by atoms with Crippen LogP contribution in [0.25, 0.3) is 0 Å². The molecule has 0 bridgehead atoms. The molecule has 0 aliphatic heterocycles. The van der Waals surface area contributed by atoms with Crippen molar-refractivity contribution in [2.24, 2.45) is 27.6 Å².